The second kappa shape index (κ2) is 9.23. The zero-order valence-electron chi connectivity index (χ0n) is 17.5. The molecule has 0 N–H and O–H groups in total. The fourth-order valence-electron chi connectivity index (χ4n) is 3.96. The highest BCUT2D eigenvalue weighted by Crippen LogP contribution is 2.36. The zero-order chi connectivity index (χ0) is 21.9. The van der Waals surface area contributed by atoms with Gasteiger partial charge in [0.15, 0.2) is 0 Å². The normalized spacial score (nSPS) is 14.0. The Hall–Kier alpha value is -3.02. The van der Waals surface area contributed by atoms with Gasteiger partial charge in [-0.05, 0) is 35.9 Å². The lowest BCUT2D eigenvalue weighted by molar-refractivity contribution is 0.0752. The quantitative estimate of drug-likeness (QED) is 0.359. The minimum absolute atomic E-state index is 0.0282. The molecule has 3 aromatic carbocycles. The summed E-state index contributed by atoms with van der Waals surface area (Å²) in [4.78, 5) is 17.9. The molecular formula is C26H23ClN2O2S. The van der Waals surface area contributed by atoms with Gasteiger partial charge in [0, 0.05) is 42.0 Å². The summed E-state index contributed by atoms with van der Waals surface area (Å²) >= 11 is 7.99. The first-order valence-corrected chi connectivity index (χ1v) is 11.9. The van der Waals surface area contributed by atoms with Crippen LogP contribution in [0.25, 0.3) is 10.1 Å². The van der Waals surface area contributed by atoms with Crippen LogP contribution in [0.1, 0.15) is 15.2 Å². The van der Waals surface area contributed by atoms with E-state index in [4.69, 9.17) is 16.3 Å². The van der Waals surface area contributed by atoms with Gasteiger partial charge in [-0.25, -0.2) is 0 Å². The topological polar surface area (TPSA) is 32.8 Å². The first-order valence-electron chi connectivity index (χ1n) is 10.7. The molecule has 32 heavy (non-hydrogen) atoms. The Balaban J connectivity index is 1.19. The molecule has 1 saturated heterocycles. The van der Waals surface area contributed by atoms with Crippen LogP contribution >= 0.6 is 22.9 Å². The second-order valence-corrected chi connectivity index (χ2v) is 9.22. The van der Waals surface area contributed by atoms with E-state index >= 15 is 0 Å². The molecule has 1 amide bonds. The van der Waals surface area contributed by atoms with Crippen molar-refractivity contribution < 1.29 is 9.53 Å². The molecule has 0 bridgehead atoms. The molecule has 0 saturated carbocycles. The molecule has 1 aliphatic rings. The SMILES string of the molecule is O=C(c1sc2ccccc2c1Cl)N1CCN(c2ccc(OCc3ccccc3)cc2)CC1. The average Bonchev–Trinajstić information content (AvgIpc) is 3.20. The maximum absolute atomic E-state index is 13.1. The number of piperazine rings is 1. The summed E-state index contributed by atoms with van der Waals surface area (Å²) < 4.78 is 6.94. The maximum Gasteiger partial charge on any atom is 0.265 e. The largest absolute Gasteiger partial charge is 0.489 e. The first kappa shape index (κ1) is 20.9. The van der Waals surface area contributed by atoms with Crippen molar-refractivity contribution in [1.29, 1.82) is 0 Å². The van der Waals surface area contributed by atoms with Gasteiger partial charge < -0.3 is 14.5 Å². The molecule has 162 valence electrons. The number of hydrogen-bond acceptors (Lipinski definition) is 4. The Morgan fingerprint density at radius 1 is 0.875 bits per heavy atom. The summed E-state index contributed by atoms with van der Waals surface area (Å²) in [7, 11) is 0. The lowest BCUT2D eigenvalue weighted by atomic mass is 10.2. The number of benzene rings is 3. The summed E-state index contributed by atoms with van der Waals surface area (Å²) in [6.45, 7) is 3.49. The van der Waals surface area contributed by atoms with Crippen LogP contribution in [-0.4, -0.2) is 37.0 Å². The van der Waals surface area contributed by atoms with Crippen LogP contribution in [0.5, 0.6) is 5.75 Å². The maximum atomic E-state index is 13.1. The predicted octanol–water partition coefficient (Wildman–Crippen LogP) is 6.10. The fraction of sp³-hybridized carbons (Fsp3) is 0.192. The van der Waals surface area contributed by atoms with Crippen molar-refractivity contribution in [2.24, 2.45) is 0 Å². The van der Waals surface area contributed by atoms with Gasteiger partial charge in [0.05, 0.1) is 5.02 Å². The number of nitrogens with zero attached hydrogens (tertiary/aromatic N) is 2. The van der Waals surface area contributed by atoms with Gasteiger partial charge in [-0.1, -0.05) is 60.1 Å². The Morgan fingerprint density at radius 2 is 1.56 bits per heavy atom. The molecule has 6 heteroatoms. The number of halogens is 1. The molecule has 2 heterocycles. The van der Waals surface area contributed by atoms with Crippen molar-refractivity contribution >= 4 is 44.6 Å². The van der Waals surface area contributed by atoms with Crippen molar-refractivity contribution in [1.82, 2.24) is 4.90 Å². The van der Waals surface area contributed by atoms with E-state index in [1.165, 1.54) is 11.3 Å². The molecule has 0 radical (unpaired) electrons. The van der Waals surface area contributed by atoms with Crippen LogP contribution in [-0.2, 0) is 6.61 Å². The third kappa shape index (κ3) is 4.31. The second-order valence-electron chi connectivity index (χ2n) is 7.79. The van der Waals surface area contributed by atoms with Gasteiger partial charge in [-0.15, -0.1) is 11.3 Å². The Morgan fingerprint density at radius 3 is 2.28 bits per heavy atom. The molecule has 0 spiro atoms. The van der Waals surface area contributed by atoms with Crippen molar-refractivity contribution in [2.45, 2.75) is 6.61 Å². The predicted molar refractivity (Wildman–Crippen MR) is 132 cm³/mol. The number of anilines is 1. The number of amides is 1. The smallest absolute Gasteiger partial charge is 0.265 e. The summed E-state index contributed by atoms with van der Waals surface area (Å²) in [5.74, 6) is 0.881. The summed E-state index contributed by atoms with van der Waals surface area (Å²) in [6.07, 6.45) is 0. The van der Waals surface area contributed by atoms with Crippen LogP contribution in [0.3, 0.4) is 0 Å². The van der Waals surface area contributed by atoms with Crippen LogP contribution in [0.2, 0.25) is 5.02 Å². The summed E-state index contributed by atoms with van der Waals surface area (Å²) in [6, 6.07) is 26.2. The molecule has 0 atom stereocenters. The molecule has 0 aliphatic carbocycles. The third-order valence-corrected chi connectivity index (χ3v) is 7.41. The number of carbonyl (C=O) groups excluding carboxylic acids is 1. The number of thiophene rings is 1. The van der Waals surface area contributed by atoms with E-state index in [1.807, 2.05) is 59.5 Å². The van der Waals surface area contributed by atoms with E-state index in [2.05, 4.69) is 29.2 Å². The Kier molecular flexibility index (Phi) is 6.02. The van der Waals surface area contributed by atoms with Crippen molar-refractivity contribution in [2.75, 3.05) is 31.1 Å². The van der Waals surface area contributed by atoms with Gasteiger partial charge in [-0.2, -0.15) is 0 Å². The zero-order valence-corrected chi connectivity index (χ0v) is 19.1. The minimum Gasteiger partial charge on any atom is -0.489 e. The van der Waals surface area contributed by atoms with E-state index in [1.54, 1.807) is 0 Å². The van der Waals surface area contributed by atoms with E-state index in [0.717, 1.165) is 40.2 Å². The molecular weight excluding hydrogens is 440 g/mol. The first-order chi connectivity index (χ1) is 15.7. The van der Waals surface area contributed by atoms with Crippen molar-refractivity contribution in [3.05, 3.63) is 94.3 Å². The number of hydrogen-bond donors (Lipinski definition) is 0. The third-order valence-electron chi connectivity index (χ3n) is 5.75. The van der Waals surface area contributed by atoms with Gasteiger partial charge in [0.2, 0.25) is 0 Å². The molecule has 5 rings (SSSR count). The highest BCUT2D eigenvalue weighted by Gasteiger charge is 2.26. The summed E-state index contributed by atoms with van der Waals surface area (Å²) in [5.41, 5.74) is 2.29. The van der Waals surface area contributed by atoms with E-state index in [0.29, 0.717) is 29.6 Å². The summed E-state index contributed by atoms with van der Waals surface area (Å²) in [5, 5.41) is 1.53. The molecule has 4 nitrogen and oxygen atoms in total. The molecule has 1 aromatic heterocycles. The molecule has 1 fully saturated rings. The van der Waals surface area contributed by atoms with Crippen LogP contribution in [0, 0.1) is 0 Å². The van der Waals surface area contributed by atoms with Gasteiger partial charge >= 0.3 is 0 Å². The van der Waals surface area contributed by atoms with Crippen molar-refractivity contribution in [3.8, 4) is 5.75 Å². The molecule has 0 unspecified atom stereocenters. The lowest BCUT2D eigenvalue weighted by Gasteiger charge is -2.36. The molecule has 1 aliphatic heterocycles. The van der Waals surface area contributed by atoms with Gasteiger partial charge in [-0.3, -0.25) is 4.79 Å². The fourth-order valence-corrected chi connectivity index (χ4v) is 5.44. The van der Waals surface area contributed by atoms with Crippen LogP contribution in [0.4, 0.5) is 5.69 Å². The van der Waals surface area contributed by atoms with E-state index in [-0.39, 0.29) is 5.91 Å². The van der Waals surface area contributed by atoms with Crippen LogP contribution < -0.4 is 9.64 Å². The standard InChI is InChI=1S/C26H23ClN2O2S/c27-24-22-8-4-5-9-23(22)32-25(24)26(30)29-16-14-28(15-17-29)20-10-12-21(13-11-20)31-18-19-6-2-1-3-7-19/h1-13H,14-18H2. The number of carbonyl (C=O) groups is 1. The van der Waals surface area contributed by atoms with E-state index < -0.39 is 0 Å². The van der Waals surface area contributed by atoms with Gasteiger partial charge in [0.25, 0.3) is 5.91 Å². The van der Waals surface area contributed by atoms with Crippen LogP contribution in [0.15, 0.2) is 78.9 Å². The lowest BCUT2D eigenvalue weighted by Crippen LogP contribution is -2.48. The minimum atomic E-state index is 0.0282. The molecule has 4 aromatic rings. The highest BCUT2D eigenvalue weighted by molar-refractivity contribution is 7.21. The highest BCUT2D eigenvalue weighted by atomic mass is 35.5. The number of fused-ring (bicyclic) bond motifs is 1. The average molecular weight is 463 g/mol. The number of ether oxygens (including phenoxy) is 1. The number of rotatable bonds is 5. The van der Waals surface area contributed by atoms with Crippen molar-refractivity contribution in [3.63, 3.8) is 0 Å². The Bertz CT molecular complexity index is 1220. The Labute approximate surface area is 196 Å². The van der Waals surface area contributed by atoms with Gasteiger partial charge in [0.1, 0.15) is 17.2 Å². The van der Waals surface area contributed by atoms with E-state index in [9.17, 15) is 4.79 Å². The monoisotopic (exact) mass is 462 g/mol.